The Kier molecular flexibility index (Phi) is 6.81. The van der Waals surface area contributed by atoms with Gasteiger partial charge in [0, 0.05) is 24.3 Å². The molecule has 2 aromatic carbocycles. The number of nitrogens with zero attached hydrogens (tertiary/aromatic N) is 5. The fourth-order valence-electron chi connectivity index (χ4n) is 3.53. The van der Waals surface area contributed by atoms with Crippen molar-refractivity contribution in [3.63, 3.8) is 0 Å². The van der Waals surface area contributed by atoms with Gasteiger partial charge in [-0.3, -0.25) is 0 Å². The lowest BCUT2D eigenvalue weighted by Gasteiger charge is -2.27. The molecule has 2 aromatic heterocycles. The van der Waals surface area contributed by atoms with Gasteiger partial charge in [-0.15, -0.1) is 0 Å². The van der Waals surface area contributed by atoms with E-state index in [1.165, 1.54) is 18.3 Å². The molecule has 0 spiro atoms. The van der Waals surface area contributed by atoms with Gasteiger partial charge in [-0.05, 0) is 36.4 Å². The number of carbonyl (C=O) groups is 1. The average Bonchev–Trinajstić information content (AvgIpc) is 3.39. The van der Waals surface area contributed by atoms with Gasteiger partial charge >= 0.3 is 5.97 Å². The first-order valence-electron chi connectivity index (χ1n) is 11.3. The molecule has 0 saturated carbocycles. The highest BCUT2D eigenvalue weighted by molar-refractivity contribution is 5.88. The second-order valence-corrected chi connectivity index (χ2v) is 7.83. The number of hydrogen-bond donors (Lipinski definition) is 3. The summed E-state index contributed by atoms with van der Waals surface area (Å²) in [5, 5.41) is 16.5. The minimum atomic E-state index is -0.975. The van der Waals surface area contributed by atoms with Gasteiger partial charge in [-0.1, -0.05) is 30.3 Å². The number of carboxylic acid groups (broad SMARTS) is 1. The molecule has 4 aromatic rings. The summed E-state index contributed by atoms with van der Waals surface area (Å²) in [6.45, 7) is 2.57. The normalized spacial score (nSPS) is 13.6. The van der Waals surface area contributed by atoms with E-state index in [1.54, 1.807) is 24.3 Å². The molecule has 11 heteroatoms. The molecule has 3 N–H and O–H groups in total. The quantitative estimate of drug-likeness (QED) is 0.249. The number of benzene rings is 2. The number of carboxylic acids is 1. The number of rotatable bonds is 8. The van der Waals surface area contributed by atoms with Gasteiger partial charge < -0.3 is 24.5 Å². The van der Waals surface area contributed by atoms with Gasteiger partial charge in [0.2, 0.25) is 17.8 Å². The topological polar surface area (TPSA) is 138 Å². The van der Waals surface area contributed by atoms with E-state index in [2.05, 4.69) is 30.8 Å². The van der Waals surface area contributed by atoms with Gasteiger partial charge in [0.05, 0.1) is 25.0 Å². The zero-order valence-corrected chi connectivity index (χ0v) is 19.2. The van der Waals surface area contributed by atoms with Crippen LogP contribution in [0.5, 0.6) is 0 Å². The van der Waals surface area contributed by atoms with Crippen LogP contribution in [0.25, 0.3) is 11.3 Å². The lowest BCUT2D eigenvalue weighted by molar-refractivity contribution is 0.0697. The first kappa shape index (κ1) is 23.0. The second kappa shape index (κ2) is 10.7. The Morgan fingerprint density at radius 3 is 2.44 bits per heavy atom. The Bertz CT molecular complexity index is 1350. The molecule has 1 fully saturated rings. The van der Waals surface area contributed by atoms with Gasteiger partial charge in [0.15, 0.2) is 0 Å². The molecule has 0 aliphatic carbocycles. The number of anilines is 4. The lowest BCUT2D eigenvalue weighted by Crippen LogP contribution is -2.37. The average molecular weight is 486 g/mol. The van der Waals surface area contributed by atoms with Crippen LogP contribution in [0.15, 0.2) is 76.2 Å². The maximum Gasteiger partial charge on any atom is 0.335 e. The molecule has 5 rings (SSSR count). The van der Waals surface area contributed by atoms with E-state index in [1.807, 2.05) is 35.2 Å². The monoisotopic (exact) mass is 485 g/mol. The molecule has 0 atom stereocenters. The van der Waals surface area contributed by atoms with E-state index in [0.29, 0.717) is 49.7 Å². The third kappa shape index (κ3) is 5.65. The van der Waals surface area contributed by atoms with Crippen LogP contribution in [-0.4, -0.2) is 58.5 Å². The molecule has 0 unspecified atom stereocenters. The van der Waals surface area contributed by atoms with Crippen LogP contribution in [0.1, 0.15) is 16.1 Å². The predicted octanol–water partition coefficient (Wildman–Crippen LogP) is 3.86. The molecule has 0 bridgehead atoms. The number of hydrogen-bond acceptors (Lipinski definition) is 10. The van der Waals surface area contributed by atoms with E-state index in [4.69, 9.17) is 14.3 Å². The zero-order chi connectivity index (χ0) is 24.7. The highest BCUT2D eigenvalue weighted by atomic mass is 16.5. The molecule has 0 amide bonds. The first-order valence-corrected chi connectivity index (χ1v) is 11.3. The third-order valence-corrected chi connectivity index (χ3v) is 5.35. The van der Waals surface area contributed by atoms with Gasteiger partial charge in [0.25, 0.3) is 0 Å². The Morgan fingerprint density at radius 2 is 1.69 bits per heavy atom. The van der Waals surface area contributed by atoms with Crippen LogP contribution in [0, 0.1) is 0 Å². The molecular formula is C25H23N7O4. The van der Waals surface area contributed by atoms with Crippen LogP contribution in [0.4, 0.5) is 23.5 Å². The Labute approximate surface area is 206 Å². The molecule has 0 radical (unpaired) electrons. The summed E-state index contributed by atoms with van der Waals surface area (Å²) >= 11 is 0. The summed E-state index contributed by atoms with van der Waals surface area (Å²) in [4.78, 5) is 26.6. The van der Waals surface area contributed by atoms with Crippen molar-refractivity contribution in [2.75, 3.05) is 41.9 Å². The van der Waals surface area contributed by atoms with E-state index in [-0.39, 0.29) is 11.5 Å². The van der Waals surface area contributed by atoms with Crippen molar-refractivity contribution < 1.29 is 19.1 Å². The smallest absolute Gasteiger partial charge is 0.335 e. The van der Waals surface area contributed by atoms with Gasteiger partial charge in [-0.2, -0.15) is 20.1 Å². The fourth-order valence-corrected chi connectivity index (χ4v) is 3.53. The highest BCUT2D eigenvalue weighted by Crippen LogP contribution is 2.22. The van der Waals surface area contributed by atoms with Crippen LogP contribution < -0.4 is 15.6 Å². The van der Waals surface area contributed by atoms with Crippen molar-refractivity contribution >= 4 is 35.7 Å². The number of hydrazone groups is 1. The fraction of sp³-hybridized carbons (Fsp3) is 0.160. The van der Waals surface area contributed by atoms with Crippen LogP contribution in [0.2, 0.25) is 0 Å². The van der Waals surface area contributed by atoms with Crippen molar-refractivity contribution in [3.8, 4) is 11.3 Å². The van der Waals surface area contributed by atoms with E-state index >= 15 is 0 Å². The lowest BCUT2D eigenvalue weighted by atomic mass is 10.1. The Balaban J connectivity index is 1.31. The molecule has 3 heterocycles. The minimum absolute atomic E-state index is 0.214. The van der Waals surface area contributed by atoms with Crippen molar-refractivity contribution in [2.24, 2.45) is 5.10 Å². The highest BCUT2D eigenvalue weighted by Gasteiger charge is 2.17. The van der Waals surface area contributed by atoms with Crippen molar-refractivity contribution in [1.29, 1.82) is 0 Å². The second-order valence-electron chi connectivity index (χ2n) is 7.83. The molecule has 11 nitrogen and oxygen atoms in total. The molecule has 1 saturated heterocycles. The van der Waals surface area contributed by atoms with Crippen LogP contribution in [0.3, 0.4) is 0 Å². The number of ether oxygens (including phenoxy) is 1. The molecule has 1 aliphatic heterocycles. The van der Waals surface area contributed by atoms with Crippen LogP contribution in [-0.2, 0) is 4.74 Å². The number of aromatic nitrogens is 3. The summed E-state index contributed by atoms with van der Waals surface area (Å²) in [5.41, 5.74) is 4.68. The zero-order valence-electron chi connectivity index (χ0n) is 19.2. The van der Waals surface area contributed by atoms with E-state index in [0.717, 1.165) is 11.3 Å². The predicted molar refractivity (Wildman–Crippen MR) is 135 cm³/mol. The van der Waals surface area contributed by atoms with Crippen molar-refractivity contribution in [1.82, 2.24) is 15.0 Å². The number of morpholine rings is 1. The number of furan rings is 1. The summed E-state index contributed by atoms with van der Waals surface area (Å²) in [7, 11) is 0. The summed E-state index contributed by atoms with van der Waals surface area (Å²) < 4.78 is 11.2. The van der Waals surface area contributed by atoms with E-state index < -0.39 is 5.97 Å². The number of nitrogens with one attached hydrogen (secondary N) is 2. The Morgan fingerprint density at radius 1 is 0.944 bits per heavy atom. The van der Waals surface area contributed by atoms with Crippen molar-refractivity contribution in [2.45, 2.75) is 0 Å². The number of aromatic carboxylic acids is 1. The standard InChI is InChI=1S/C25H23N7O4/c33-22(34)18-8-6-17(7-9-18)21-11-10-20(36-21)16-26-31-24-28-23(27-19-4-2-1-3-5-19)29-25(30-24)32-12-14-35-15-13-32/h1-11,16H,12-15H2,(H,33,34)(H2,27,28,29,30,31)/b26-16+. The van der Waals surface area contributed by atoms with Crippen molar-refractivity contribution in [3.05, 3.63) is 78.1 Å². The minimum Gasteiger partial charge on any atom is -0.478 e. The maximum absolute atomic E-state index is 11.0. The maximum atomic E-state index is 11.0. The first-order chi connectivity index (χ1) is 17.6. The van der Waals surface area contributed by atoms with Gasteiger partial charge in [-0.25, -0.2) is 10.2 Å². The summed E-state index contributed by atoms with van der Waals surface area (Å²) in [5.74, 6) is 1.31. The summed E-state index contributed by atoms with van der Waals surface area (Å²) in [6, 6.07) is 19.6. The third-order valence-electron chi connectivity index (χ3n) is 5.35. The van der Waals surface area contributed by atoms with Gasteiger partial charge in [0.1, 0.15) is 11.5 Å². The molecule has 1 aliphatic rings. The van der Waals surface area contributed by atoms with E-state index in [9.17, 15) is 4.79 Å². The molecule has 182 valence electrons. The summed E-state index contributed by atoms with van der Waals surface area (Å²) in [6.07, 6.45) is 1.51. The van der Waals surface area contributed by atoms with Crippen LogP contribution >= 0.6 is 0 Å². The molecule has 36 heavy (non-hydrogen) atoms. The molecular weight excluding hydrogens is 462 g/mol. The SMILES string of the molecule is O=C(O)c1ccc(-c2ccc(/C=N/Nc3nc(Nc4ccccc4)nc(N4CCOCC4)n3)o2)cc1. The Hall–Kier alpha value is -4.77. The largest absolute Gasteiger partial charge is 0.478 e. The number of para-hydroxylation sites is 1.